The van der Waals surface area contributed by atoms with E-state index in [2.05, 4.69) is 25.4 Å². The molecular weight excluding hydrogens is 380 g/mol. The standard InChI is InChI=1S/C19H15ClN6O2/c1-12-24-19(28-25-12)14-5-6-17(21-9-14)26-10-16(23-11-26)18(27)22-8-13-3-2-4-15(20)7-13/h2-7,9-11H,8H2,1H3,(H,22,27). The fourth-order valence-corrected chi connectivity index (χ4v) is 2.78. The van der Waals surface area contributed by atoms with Crippen molar-refractivity contribution in [3.63, 3.8) is 0 Å². The molecule has 1 N–H and O–H groups in total. The zero-order valence-corrected chi connectivity index (χ0v) is 15.6. The zero-order valence-electron chi connectivity index (χ0n) is 14.8. The summed E-state index contributed by atoms with van der Waals surface area (Å²) in [7, 11) is 0. The molecule has 3 aromatic heterocycles. The molecule has 0 aliphatic rings. The number of halogens is 1. The lowest BCUT2D eigenvalue weighted by molar-refractivity contribution is 0.0946. The van der Waals surface area contributed by atoms with E-state index in [1.807, 2.05) is 18.2 Å². The van der Waals surface area contributed by atoms with Crippen LogP contribution >= 0.6 is 11.6 Å². The van der Waals surface area contributed by atoms with E-state index in [1.165, 1.54) is 6.33 Å². The number of carbonyl (C=O) groups excluding carboxylic acids is 1. The molecule has 0 saturated heterocycles. The third kappa shape index (κ3) is 3.91. The molecule has 0 unspecified atom stereocenters. The number of nitrogens with one attached hydrogen (secondary N) is 1. The van der Waals surface area contributed by atoms with Crippen molar-refractivity contribution in [3.8, 4) is 17.3 Å². The first kappa shape index (κ1) is 17.9. The number of aromatic nitrogens is 5. The van der Waals surface area contributed by atoms with Gasteiger partial charge in [-0.1, -0.05) is 28.9 Å². The lowest BCUT2D eigenvalue weighted by Crippen LogP contribution is -2.23. The number of aryl methyl sites for hydroxylation is 1. The SMILES string of the molecule is Cc1noc(-c2ccc(-n3cnc(C(=O)NCc4cccc(Cl)c4)c3)nc2)n1. The number of rotatable bonds is 5. The normalized spacial score (nSPS) is 10.8. The molecular formula is C19H15ClN6O2. The number of pyridine rings is 1. The fourth-order valence-electron chi connectivity index (χ4n) is 2.56. The van der Waals surface area contributed by atoms with Crippen molar-refractivity contribution >= 4 is 17.5 Å². The summed E-state index contributed by atoms with van der Waals surface area (Å²) in [5.74, 6) is 1.29. The largest absolute Gasteiger partial charge is 0.347 e. The second-order valence-electron chi connectivity index (χ2n) is 6.03. The highest BCUT2D eigenvalue weighted by Gasteiger charge is 2.11. The summed E-state index contributed by atoms with van der Waals surface area (Å²) in [6.07, 6.45) is 4.78. The van der Waals surface area contributed by atoms with Crippen LogP contribution in [0.3, 0.4) is 0 Å². The summed E-state index contributed by atoms with van der Waals surface area (Å²) in [6, 6.07) is 10.9. The van der Waals surface area contributed by atoms with Crippen LogP contribution in [0.15, 0.2) is 59.6 Å². The van der Waals surface area contributed by atoms with Crippen LogP contribution in [-0.4, -0.2) is 30.6 Å². The van der Waals surface area contributed by atoms with Gasteiger partial charge < -0.3 is 9.84 Å². The number of carbonyl (C=O) groups is 1. The van der Waals surface area contributed by atoms with E-state index in [-0.39, 0.29) is 5.91 Å². The third-order valence-corrected chi connectivity index (χ3v) is 4.18. The van der Waals surface area contributed by atoms with Crippen LogP contribution in [0.4, 0.5) is 0 Å². The van der Waals surface area contributed by atoms with E-state index in [9.17, 15) is 4.79 Å². The summed E-state index contributed by atoms with van der Waals surface area (Å²) in [4.78, 5) is 25.0. The van der Waals surface area contributed by atoms with E-state index in [4.69, 9.17) is 16.1 Å². The summed E-state index contributed by atoms with van der Waals surface area (Å²) in [5.41, 5.74) is 1.91. The predicted octanol–water partition coefficient (Wildman–Crippen LogP) is 3.21. The molecule has 9 heteroatoms. The van der Waals surface area contributed by atoms with Crippen molar-refractivity contribution in [1.29, 1.82) is 0 Å². The summed E-state index contributed by atoms with van der Waals surface area (Å²) < 4.78 is 6.78. The van der Waals surface area contributed by atoms with Crippen LogP contribution in [0.25, 0.3) is 17.3 Å². The molecule has 1 amide bonds. The van der Waals surface area contributed by atoms with Gasteiger partial charge in [0.1, 0.15) is 17.8 Å². The van der Waals surface area contributed by atoms with Gasteiger partial charge in [-0.2, -0.15) is 4.98 Å². The molecule has 8 nitrogen and oxygen atoms in total. The predicted molar refractivity (Wildman–Crippen MR) is 102 cm³/mol. The first-order chi connectivity index (χ1) is 13.6. The lowest BCUT2D eigenvalue weighted by atomic mass is 10.2. The molecule has 0 bridgehead atoms. The maximum absolute atomic E-state index is 12.3. The Morgan fingerprint density at radius 3 is 2.86 bits per heavy atom. The van der Waals surface area contributed by atoms with Gasteiger partial charge in [-0.3, -0.25) is 9.36 Å². The van der Waals surface area contributed by atoms with Crippen molar-refractivity contribution in [2.45, 2.75) is 13.5 Å². The second-order valence-corrected chi connectivity index (χ2v) is 6.47. The van der Waals surface area contributed by atoms with Crippen LogP contribution in [0.5, 0.6) is 0 Å². The van der Waals surface area contributed by atoms with Gasteiger partial charge in [0.15, 0.2) is 5.82 Å². The van der Waals surface area contributed by atoms with Gasteiger partial charge in [0, 0.05) is 24.0 Å². The highest BCUT2D eigenvalue weighted by molar-refractivity contribution is 6.30. The maximum Gasteiger partial charge on any atom is 0.271 e. The van der Waals surface area contributed by atoms with Gasteiger partial charge in [0.25, 0.3) is 11.8 Å². The molecule has 0 aliphatic heterocycles. The van der Waals surface area contributed by atoms with Crippen molar-refractivity contribution in [3.05, 3.63) is 77.2 Å². The van der Waals surface area contributed by atoms with Crippen molar-refractivity contribution in [2.75, 3.05) is 0 Å². The van der Waals surface area contributed by atoms with Crippen LogP contribution in [-0.2, 0) is 6.54 Å². The van der Waals surface area contributed by atoms with Gasteiger partial charge in [-0.25, -0.2) is 9.97 Å². The Morgan fingerprint density at radius 2 is 2.14 bits per heavy atom. The second kappa shape index (κ2) is 7.61. The number of imidazole rings is 1. The average Bonchev–Trinajstić information content (AvgIpc) is 3.36. The molecule has 0 saturated carbocycles. The van der Waals surface area contributed by atoms with Gasteiger partial charge in [0.05, 0.1) is 5.56 Å². The maximum atomic E-state index is 12.3. The Balaban J connectivity index is 1.44. The molecule has 0 atom stereocenters. The van der Waals surface area contributed by atoms with E-state index in [0.29, 0.717) is 40.4 Å². The first-order valence-electron chi connectivity index (χ1n) is 8.42. The Morgan fingerprint density at radius 1 is 1.25 bits per heavy atom. The summed E-state index contributed by atoms with van der Waals surface area (Å²) in [5, 5.41) is 7.20. The molecule has 0 radical (unpaired) electrons. The quantitative estimate of drug-likeness (QED) is 0.558. The minimum Gasteiger partial charge on any atom is -0.347 e. The van der Waals surface area contributed by atoms with Crippen molar-refractivity contribution < 1.29 is 9.32 Å². The topological polar surface area (TPSA) is 98.7 Å². The average molecular weight is 395 g/mol. The van der Waals surface area contributed by atoms with Crippen LogP contribution in [0.2, 0.25) is 5.02 Å². The minimum atomic E-state index is -0.281. The van der Waals surface area contributed by atoms with Gasteiger partial charge in [-0.15, -0.1) is 0 Å². The Hall–Kier alpha value is -3.52. The smallest absolute Gasteiger partial charge is 0.271 e. The number of amides is 1. The fraction of sp³-hybridized carbons (Fsp3) is 0.105. The summed E-state index contributed by atoms with van der Waals surface area (Å²) in [6.45, 7) is 2.11. The lowest BCUT2D eigenvalue weighted by Gasteiger charge is -2.04. The van der Waals surface area contributed by atoms with Gasteiger partial charge in [0.2, 0.25) is 0 Å². The van der Waals surface area contributed by atoms with E-state index < -0.39 is 0 Å². The van der Waals surface area contributed by atoms with Gasteiger partial charge >= 0.3 is 0 Å². The number of benzene rings is 1. The monoisotopic (exact) mass is 394 g/mol. The Labute approximate surface area is 165 Å². The van der Waals surface area contributed by atoms with E-state index in [0.717, 1.165) is 5.56 Å². The number of hydrogen-bond donors (Lipinski definition) is 1. The minimum absolute atomic E-state index is 0.281. The Kier molecular flexibility index (Phi) is 4.86. The van der Waals surface area contributed by atoms with Crippen molar-refractivity contribution in [2.24, 2.45) is 0 Å². The zero-order chi connectivity index (χ0) is 19.5. The van der Waals surface area contributed by atoms with E-state index in [1.54, 1.807) is 42.1 Å². The highest BCUT2D eigenvalue weighted by Crippen LogP contribution is 2.17. The number of nitrogens with zero attached hydrogens (tertiary/aromatic N) is 5. The number of hydrogen-bond acceptors (Lipinski definition) is 6. The van der Waals surface area contributed by atoms with Crippen LogP contribution in [0.1, 0.15) is 21.9 Å². The molecule has 140 valence electrons. The molecule has 0 aliphatic carbocycles. The molecule has 0 spiro atoms. The molecule has 3 heterocycles. The Bertz CT molecular complexity index is 1120. The third-order valence-electron chi connectivity index (χ3n) is 3.94. The van der Waals surface area contributed by atoms with Gasteiger partial charge in [-0.05, 0) is 36.8 Å². The highest BCUT2D eigenvalue weighted by atomic mass is 35.5. The van der Waals surface area contributed by atoms with Crippen molar-refractivity contribution in [1.82, 2.24) is 30.0 Å². The summed E-state index contributed by atoms with van der Waals surface area (Å²) >= 11 is 5.95. The first-order valence-corrected chi connectivity index (χ1v) is 8.80. The molecule has 0 fully saturated rings. The molecule has 28 heavy (non-hydrogen) atoms. The van der Waals surface area contributed by atoms with Crippen LogP contribution in [0, 0.1) is 6.92 Å². The van der Waals surface area contributed by atoms with E-state index >= 15 is 0 Å². The molecule has 1 aromatic carbocycles. The molecule has 4 aromatic rings. The molecule has 4 rings (SSSR count). The van der Waals surface area contributed by atoms with Crippen LogP contribution < -0.4 is 5.32 Å².